The molecule has 0 aliphatic carbocycles. The minimum Gasteiger partial charge on any atom is -0.207 e. The average Bonchev–Trinajstić information content (AvgIpc) is 2.38. The van der Waals surface area contributed by atoms with Crippen molar-refractivity contribution in [2.75, 3.05) is 0 Å². The van der Waals surface area contributed by atoms with Crippen LogP contribution in [0.25, 0.3) is 0 Å². The summed E-state index contributed by atoms with van der Waals surface area (Å²) in [5.41, 5.74) is 0.208. The summed E-state index contributed by atoms with van der Waals surface area (Å²) in [5.74, 6) is -0.375. The Hall–Kier alpha value is -1.74. The van der Waals surface area contributed by atoms with Gasteiger partial charge in [-0.15, -0.1) is 0 Å². The number of hydrogen-bond acceptors (Lipinski definition) is 2. The Labute approximate surface area is 104 Å². The lowest BCUT2D eigenvalue weighted by molar-refractivity contribution is 0.606. The summed E-state index contributed by atoms with van der Waals surface area (Å²) in [7, 11) is 0. The van der Waals surface area contributed by atoms with Crippen LogP contribution >= 0.6 is 11.6 Å². The van der Waals surface area contributed by atoms with E-state index in [4.69, 9.17) is 11.6 Å². The predicted octanol–water partition coefficient (Wildman–Crippen LogP) is 4.85. The highest BCUT2D eigenvalue weighted by molar-refractivity contribution is 6.20. The summed E-state index contributed by atoms with van der Waals surface area (Å²) in [6.07, 6.45) is 0. The van der Waals surface area contributed by atoms with Gasteiger partial charge in [0.25, 0.3) is 0 Å². The molecule has 2 aromatic rings. The third kappa shape index (κ3) is 3.11. The Morgan fingerprint density at radius 1 is 0.941 bits per heavy atom. The van der Waals surface area contributed by atoms with E-state index in [0.29, 0.717) is 11.3 Å². The molecule has 0 saturated carbocycles. The van der Waals surface area contributed by atoms with Gasteiger partial charge in [0.15, 0.2) is 5.50 Å². The first-order valence-corrected chi connectivity index (χ1v) is 5.55. The lowest BCUT2D eigenvalue weighted by Gasteiger charge is -2.03. The van der Waals surface area contributed by atoms with Crippen LogP contribution in [0.4, 0.5) is 10.1 Å². The molecule has 2 nitrogen and oxygen atoms in total. The Kier molecular flexibility index (Phi) is 3.83. The second-order valence-electron chi connectivity index (χ2n) is 3.41. The first-order chi connectivity index (χ1) is 8.27. The highest BCUT2D eigenvalue weighted by Gasteiger charge is 2.10. The normalized spacial score (nSPS) is 12.8. The van der Waals surface area contributed by atoms with Gasteiger partial charge in [0, 0.05) is 5.56 Å². The fourth-order valence-electron chi connectivity index (χ4n) is 1.34. The molecule has 0 aromatic heterocycles. The maximum Gasteiger partial charge on any atom is 0.172 e. The molecule has 17 heavy (non-hydrogen) atoms. The summed E-state index contributed by atoms with van der Waals surface area (Å²) >= 11 is 5.96. The topological polar surface area (TPSA) is 24.7 Å². The molecular formula is C13H10ClFN2. The number of rotatable bonds is 3. The Morgan fingerprint density at radius 3 is 2.29 bits per heavy atom. The quantitative estimate of drug-likeness (QED) is 0.422. The Balaban J connectivity index is 2.15. The largest absolute Gasteiger partial charge is 0.207 e. The van der Waals surface area contributed by atoms with Gasteiger partial charge in [0.05, 0.1) is 5.69 Å². The number of halogens is 2. The predicted molar refractivity (Wildman–Crippen MR) is 66.0 cm³/mol. The van der Waals surface area contributed by atoms with E-state index in [1.165, 1.54) is 6.07 Å². The van der Waals surface area contributed by atoms with Gasteiger partial charge >= 0.3 is 0 Å². The maximum atomic E-state index is 13.4. The molecule has 0 radical (unpaired) electrons. The van der Waals surface area contributed by atoms with Gasteiger partial charge in [-0.25, -0.2) is 4.39 Å². The van der Waals surface area contributed by atoms with Gasteiger partial charge in [0.1, 0.15) is 5.82 Å². The van der Waals surface area contributed by atoms with Crippen molar-refractivity contribution < 1.29 is 4.39 Å². The first-order valence-electron chi connectivity index (χ1n) is 5.12. The molecule has 0 heterocycles. The lowest BCUT2D eigenvalue weighted by atomic mass is 10.2. The van der Waals surface area contributed by atoms with Crippen LogP contribution in [-0.4, -0.2) is 0 Å². The molecule has 1 atom stereocenters. The molecule has 4 heteroatoms. The second kappa shape index (κ2) is 5.55. The fourth-order valence-corrected chi connectivity index (χ4v) is 1.56. The monoisotopic (exact) mass is 248 g/mol. The van der Waals surface area contributed by atoms with E-state index in [0.717, 1.165) is 0 Å². The van der Waals surface area contributed by atoms with Crippen molar-refractivity contribution in [1.82, 2.24) is 0 Å². The van der Waals surface area contributed by atoms with E-state index in [1.54, 1.807) is 30.3 Å². The fraction of sp³-hybridized carbons (Fsp3) is 0.0769. The molecule has 0 N–H and O–H groups in total. The standard InChI is InChI=1S/C13H10ClFN2/c14-13(11-8-4-5-9-12(11)15)17-16-10-6-2-1-3-7-10/h1-9,13H. The van der Waals surface area contributed by atoms with Crippen LogP contribution in [0.5, 0.6) is 0 Å². The zero-order chi connectivity index (χ0) is 12.1. The average molecular weight is 249 g/mol. The van der Waals surface area contributed by atoms with Crippen molar-refractivity contribution in [3.05, 3.63) is 66.0 Å². The Morgan fingerprint density at radius 2 is 1.59 bits per heavy atom. The van der Waals surface area contributed by atoms with E-state index in [1.807, 2.05) is 18.2 Å². The third-order valence-corrected chi connectivity index (χ3v) is 2.52. The van der Waals surface area contributed by atoms with Crippen molar-refractivity contribution in [2.24, 2.45) is 10.2 Å². The van der Waals surface area contributed by atoms with Crippen LogP contribution in [0, 0.1) is 5.82 Å². The summed E-state index contributed by atoms with van der Waals surface area (Å²) in [4.78, 5) is 0. The van der Waals surface area contributed by atoms with Crippen LogP contribution in [0.3, 0.4) is 0 Å². The molecular weight excluding hydrogens is 239 g/mol. The molecule has 0 saturated heterocycles. The molecule has 0 aliphatic rings. The van der Waals surface area contributed by atoms with Gasteiger partial charge < -0.3 is 0 Å². The molecule has 0 fully saturated rings. The van der Waals surface area contributed by atoms with Gasteiger partial charge in [-0.05, 0) is 18.2 Å². The van der Waals surface area contributed by atoms with E-state index < -0.39 is 5.50 Å². The maximum absolute atomic E-state index is 13.4. The number of hydrogen-bond donors (Lipinski definition) is 0. The first kappa shape index (κ1) is 11.7. The third-order valence-electron chi connectivity index (χ3n) is 2.19. The number of benzene rings is 2. The van der Waals surface area contributed by atoms with E-state index in [9.17, 15) is 4.39 Å². The zero-order valence-electron chi connectivity index (χ0n) is 8.92. The molecule has 86 valence electrons. The summed E-state index contributed by atoms with van der Waals surface area (Å²) in [6, 6.07) is 15.4. The van der Waals surface area contributed by atoms with Gasteiger partial charge in [-0.3, -0.25) is 0 Å². The molecule has 0 bridgehead atoms. The number of alkyl halides is 1. The highest BCUT2D eigenvalue weighted by atomic mass is 35.5. The van der Waals surface area contributed by atoms with E-state index in [-0.39, 0.29) is 5.82 Å². The summed E-state index contributed by atoms with van der Waals surface area (Å²) < 4.78 is 13.4. The minimum absolute atomic E-state index is 0.328. The van der Waals surface area contributed by atoms with Crippen molar-refractivity contribution in [3.8, 4) is 0 Å². The number of azo groups is 1. The molecule has 0 amide bonds. The van der Waals surface area contributed by atoms with Crippen molar-refractivity contribution in [3.63, 3.8) is 0 Å². The molecule has 2 aromatic carbocycles. The van der Waals surface area contributed by atoms with Crippen LogP contribution in [0.1, 0.15) is 11.1 Å². The van der Waals surface area contributed by atoms with Gasteiger partial charge in [0.2, 0.25) is 0 Å². The van der Waals surface area contributed by atoms with Gasteiger partial charge in [-0.1, -0.05) is 48.0 Å². The van der Waals surface area contributed by atoms with E-state index >= 15 is 0 Å². The SMILES string of the molecule is Fc1ccccc1C(Cl)N=Nc1ccccc1. The van der Waals surface area contributed by atoms with Crippen LogP contribution in [0.15, 0.2) is 64.8 Å². The summed E-state index contributed by atoms with van der Waals surface area (Å²) in [6.45, 7) is 0. The minimum atomic E-state index is -0.809. The molecule has 0 spiro atoms. The number of nitrogens with zero attached hydrogens (tertiary/aromatic N) is 2. The van der Waals surface area contributed by atoms with Crippen molar-refractivity contribution >= 4 is 17.3 Å². The lowest BCUT2D eigenvalue weighted by Crippen LogP contribution is -1.90. The van der Waals surface area contributed by atoms with Gasteiger partial charge in [-0.2, -0.15) is 10.2 Å². The molecule has 2 rings (SSSR count). The van der Waals surface area contributed by atoms with E-state index in [2.05, 4.69) is 10.2 Å². The van der Waals surface area contributed by atoms with Crippen molar-refractivity contribution in [2.45, 2.75) is 5.50 Å². The van der Waals surface area contributed by atoms with Crippen molar-refractivity contribution in [1.29, 1.82) is 0 Å². The summed E-state index contributed by atoms with van der Waals surface area (Å²) in [5, 5.41) is 7.83. The zero-order valence-corrected chi connectivity index (χ0v) is 9.68. The van der Waals surface area contributed by atoms with Crippen LogP contribution < -0.4 is 0 Å². The second-order valence-corrected chi connectivity index (χ2v) is 3.82. The van der Waals surface area contributed by atoms with Crippen LogP contribution in [0.2, 0.25) is 0 Å². The molecule has 0 aliphatic heterocycles. The highest BCUT2D eigenvalue weighted by Crippen LogP contribution is 2.26. The van der Waals surface area contributed by atoms with Crippen LogP contribution in [-0.2, 0) is 0 Å². The smallest absolute Gasteiger partial charge is 0.172 e. The Bertz CT molecular complexity index is 514. The molecule has 1 unspecified atom stereocenters.